The van der Waals surface area contributed by atoms with E-state index in [9.17, 15) is 13.6 Å². The van der Waals surface area contributed by atoms with E-state index in [1.807, 2.05) is 0 Å². The minimum absolute atomic E-state index is 0.130. The summed E-state index contributed by atoms with van der Waals surface area (Å²) in [4.78, 5) is 10.7. The van der Waals surface area contributed by atoms with Crippen molar-refractivity contribution in [1.82, 2.24) is 0 Å². The largest absolute Gasteiger partial charge is 0.478 e. The Kier molecular flexibility index (Phi) is 5.21. The van der Waals surface area contributed by atoms with Gasteiger partial charge in [-0.3, -0.25) is 0 Å². The van der Waals surface area contributed by atoms with Crippen molar-refractivity contribution in [3.63, 3.8) is 0 Å². The Bertz CT molecular complexity index is 599. The molecule has 21 heavy (non-hydrogen) atoms. The summed E-state index contributed by atoms with van der Waals surface area (Å²) in [6.45, 7) is 0.395. The predicted octanol–water partition coefficient (Wildman–Crippen LogP) is 4.05. The van der Waals surface area contributed by atoms with Gasteiger partial charge in [-0.25, -0.2) is 4.79 Å². The molecule has 0 atom stereocenters. The van der Waals surface area contributed by atoms with Gasteiger partial charge in [0.2, 0.25) is 0 Å². The fraction of sp³-hybridized carbons (Fsp3) is 0.214. The summed E-state index contributed by atoms with van der Waals surface area (Å²) >= 11 is 0.513. The molecule has 0 bridgehead atoms. The molecule has 1 aromatic carbocycles. The molecule has 4 nitrogen and oxygen atoms in total. The molecule has 0 spiro atoms. The Hall–Kier alpha value is -2.02. The number of aromatic carboxylic acids is 1. The first-order valence-corrected chi connectivity index (χ1v) is 7.14. The number of rotatable bonds is 7. The van der Waals surface area contributed by atoms with Gasteiger partial charge >= 0.3 is 5.97 Å². The van der Waals surface area contributed by atoms with Gasteiger partial charge in [0.1, 0.15) is 11.5 Å². The molecule has 0 radical (unpaired) electrons. The van der Waals surface area contributed by atoms with Crippen molar-refractivity contribution < 1.29 is 23.1 Å². The van der Waals surface area contributed by atoms with E-state index in [1.165, 1.54) is 12.1 Å². The van der Waals surface area contributed by atoms with Crippen LogP contribution in [0, 0.1) is 0 Å². The average Bonchev–Trinajstić information content (AvgIpc) is 2.91. The zero-order valence-electron chi connectivity index (χ0n) is 10.9. The number of carboxylic acids is 1. The topological polar surface area (TPSA) is 62.5 Å². The van der Waals surface area contributed by atoms with E-state index in [0.29, 0.717) is 29.8 Å². The van der Waals surface area contributed by atoms with Crippen LogP contribution >= 0.6 is 11.8 Å². The van der Waals surface area contributed by atoms with Gasteiger partial charge in [-0.05, 0) is 36.4 Å². The van der Waals surface area contributed by atoms with Crippen molar-refractivity contribution in [3.05, 3.63) is 53.5 Å². The fourth-order valence-corrected chi connectivity index (χ4v) is 2.11. The first-order chi connectivity index (χ1) is 10.0. The summed E-state index contributed by atoms with van der Waals surface area (Å²) in [7, 11) is 0. The van der Waals surface area contributed by atoms with Gasteiger partial charge in [-0.15, -0.1) is 0 Å². The molecule has 2 N–H and O–H groups in total. The standard InChI is InChI=1S/C14H13F2NO3S/c15-14(16)21-8-12-6-5-11(20-12)7-17-10-3-1-9(2-4-10)13(18)19/h1-6,14,17H,7-8H2,(H,18,19). The van der Waals surface area contributed by atoms with Crippen LogP contribution in [0.1, 0.15) is 21.9 Å². The summed E-state index contributed by atoms with van der Waals surface area (Å²) < 4.78 is 29.5. The SMILES string of the molecule is O=C(O)c1ccc(NCc2ccc(CSC(F)F)o2)cc1. The molecule has 0 aliphatic carbocycles. The zero-order chi connectivity index (χ0) is 15.2. The third-order valence-corrected chi connectivity index (χ3v) is 3.37. The minimum atomic E-state index is -2.41. The quantitative estimate of drug-likeness (QED) is 0.807. The highest BCUT2D eigenvalue weighted by molar-refractivity contribution is 7.98. The van der Waals surface area contributed by atoms with Gasteiger partial charge in [-0.1, -0.05) is 11.8 Å². The maximum atomic E-state index is 12.1. The van der Waals surface area contributed by atoms with Crippen molar-refractivity contribution in [2.24, 2.45) is 0 Å². The maximum Gasteiger partial charge on any atom is 0.335 e. The summed E-state index contributed by atoms with van der Waals surface area (Å²) in [5.74, 6) is -2.14. The summed E-state index contributed by atoms with van der Waals surface area (Å²) in [5.41, 5.74) is 0.963. The van der Waals surface area contributed by atoms with Crippen LogP contribution in [0.4, 0.5) is 14.5 Å². The fourth-order valence-electron chi connectivity index (χ4n) is 1.66. The molecule has 112 valence electrons. The van der Waals surface area contributed by atoms with Crippen molar-refractivity contribution in [2.75, 3.05) is 5.32 Å². The van der Waals surface area contributed by atoms with Gasteiger partial charge in [0.15, 0.2) is 0 Å². The second-order valence-corrected chi connectivity index (χ2v) is 5.15. The third kappa shape index (κ3) is 4.78. The van der Waals surface area contributed by atoms with Crippen LogP contribution < -0.4 is 5.32 Å². The molecule has 7 heteroatoms. The number of hydrogen-bond donors (Lipinski definition) is 2. The van der Waals surface area contributed by atoms with E-state index in [4.69, 9.17) is 9.52 Å². The van der Waals surface area contributed by atoms with Crippen LogP contribution in [0.25, 0.3) is 0 Å². The zero-order valence-corrected chi connectivity index (χ0v) is 11.7. The Morgan fingerprint density at radius 3 is 2.48 bits per heavy atom. The second kappa shape index (κ2) is 7.12. The second-order valence-electron chi connectivity index (χ2n) is 4.18. The first-order valence-electron chi connectivity index (χ1n) is 6.09. The summed E-state index contributed by atoms with van der Waals surface area (Å²) in [5, 5.41) is 11.8. The van der Waals surface area contributed by atoms with Gasteiger partial charge in [0.05, 0.1) is 17.9 Å². The Morgan fingerprint density at radius 2 is 1.86 bits per heavy atom. The number of halogens is 2. The van der Waals surface area contributed by atoms with E-state index < -0.39 is 11.7 Å². The smallest absolute Gasteiger partial charge is 0.335 e. The molecule has 0 saturated heterocycles. The van der Waals surface area contributed by atoms with Crippen molar-refractivity contribution in [1.29, 1.82) is 0 Å². The van der Waals surface area contributed by atoms with Crippen LogP contribution in [0.3, 0.4) is 0 Å². The number of thioether (sulfide) groups is 1. The van der Waals surface area contributed by atoms with Gasteiger partial charge in [0, 0.05) is 5.69 Å². The Morgan fingerprint density at radius 1 is 1.19 bits per heavy atom. The molecule has 1 heterocycles. The number of alkyl halides is 2. The van der Waals surface area contributed by atoms with E-state index in [0.717, 1.165) is 5.69 Å². The first kappa shape index (κ1) is 15.4. The minimum Gasteiger partial charge on any atom is -0.478 e. The lowest BCUT2D eigenvalue weighted by Crippen LogP contribution is -2.00. The maximum absolute atomic E-state index is 12.1. The molecule has 1 aromatic heterocycles. The lowest BCUT2D eigenvalue weighted by molar-refractivity contribution is 0.0697. The molecule has 2 rings (SSSR count). The number of benzene rings is 1. The van der Waals surface area contributed by atoms with Crippen LogP contribution in [-0.4, -0.2) is 16.8 Å². The Balaban J connectivity index is 1.86. The normalized spacial score (nSPS) is 10.8. The van der Waals surface area contributed by atoms with E-state index >= 15 is 0 Å². The number of carbonyl (C=O) groups is 1. The van der Waals surface area contributed by atoms with E-state index in [-0.39, 0.29) is 11.3 Å². The molecule has 0 aliphatic rings. The summed E-state index contributed by atoms with van der Waals surface area (Å²) in [6, 6.07) is 9.69. The Labute approximate surface area is 124 Å². The number of carboxylic acid groups (broad SMARTS) is 1. The highest BCUT2D eigenvalue weighted by atomic mass is 32.2. The molecule has 0 unspecified atom stereocenters. The number of nitrogens with one attached hydrogen (secondary N) is 1. The number of furan rings is 1. The molecular formula is C14H13F2NO3S. The predicted molar refractivity (Wildman–Crippen MR) is 76.7 cm³/mol. The molecule has 0 fully saturated rings. The average molecular weight is 313 g/mol. The van der Waals surface area contributed by atoms with Crippen molar-refractivity contribution >= 4 is 23.4 Å². The highest BCUT2D eigenvalue weighted by Crippen LogP contribution is 2.21. The third-order valence-electron chi connectivity index (χ3n) is 2.67. The van der Waals surface area contributed by atoms with Crippen LogP contribution in [-0.2, 0) is 12.3 Å². The van der Waals surface area contributed by atoms with Crippen LogP contribution in [0.5, 0.6) is 0 Å². The highest BCUT2D eigenvalue weighted by Gasteiger charge is 2.07. The van der Waals surface area contributed by atoms with Gasteiger partial charge < -0.3 is 14.8 Å². The molecule has 2 aromatic rings. The van der Waals surface area contributed by atoms with Gasteiger partial charge in [0.25, 0.3) is 5.76 Å². The molecule has 0 aliphatic heterocycles. The molecule has 0 saturated carbocycles. The monoisotopic (exact) mass is 313 g/mol. The van der Waals surface area contributed by atoms with Crippen molar-refractivity contribution in [3.8, 4) is 0 Å². The van der Waals surface area contributed by atoms with Gasteiger partial charge in [-0.2, -0.15) is 8.78 Å². The molecular weight excluding hydrogens is 300 g/mol. The lowest BCUT2D eigenvalue weighted by Gasteiger charge is -2.04. The van der Waals surface area contributed by atoms with Crippen molar-refractivity contribution in [2.45, 2.75) is 18.1 Å². The lowest BCUT2D eigenvalue weighted by atomic mass is 10.2. The number of anilines is 1. The number of hydrogen-bond acceptors (Lipinski definition) is 4. The summed E-state index contributed by atoms with van der Waals surface area (Å²) in [6.07, 6.45) is 0. The van der Waals surface area contributed by atoms with E-state index in [1.54, 1.807) is 24.3 Å². The van der Waals surface area contributed by atoms with E-state index in [2.05, 4.69) is 5.32 Å². The molecule has 0 amide bonds. The van der Waals surface area contributed by atoms with Crippen LogP contribution in [0.15, 0.2) is 40.8 Å². The van der Waals surface area contributed by atoms with Crippen LogP contribution in [0.2, 0.25) is 0 Å².